The van der Waals surface area contributed by atoms with Crippen molar-refractivity contribution >= 4 is 5.91 Å². The van der Waals surface area contributed by atoms with Gasteiger partial charge in [0.2, 0.25) is 0 Å². The second-order valence-corrected chi connectivity index (χ2v) is 4.06. The monoisotopic (exact) mass is 235 g/mol. The molecule has 2 rings (SSSR count). The van der Waals surface area contributed by atoms with Gasteiger partial charge < -0.3 is 14.8 Å². The zero-order valence-electron chi connectivity index (χ0n) is 9.94. The number of hydrogen-bond acceptors (Lipinski definition) is 3. The van der Waals surface area contributed by atoms with Gasteiger partial charge in [-0.05, 0) is 18.1 Å². The van der Waals surface area contributed by atoms with Crippen molar-refractivity contribution in [2.24, 2.45) is 0 Å². The summed E-state index contributed by atoms with van der Waals surface area (Å²) in [5, 5.41) is 2.85. The molecule has 0 aromatic heterocycles. The van der Waals surface area contributed by atoms with Gasteiger partial charge in [-0.3, -0.25) is 4.79 Å². The third-order valence-corrected chi connectivity index (χ3v) is 2.76. The van der Waals surface area contributed by atoms with Crippen LogP contribution in [0.2, 0.25) is 0 Å². The Balaban J connectivity index is 1.80. The molecule has 17 heavy (non-hydrogen) atoms. The lowest BCUT2D eigenvalue weighted by Crippen LogP contribution is -2.38. The summed E-state index contributed by atoms with van der Waals surface area (Å²) >= 11 is 0. The van der Waals surface area contributed by atoms with Crippen molar-refractivity contribution < 1.29 is 14.3 Å². The Labute approximate surface area is 101 Å². The van der Waals surface area contributed by atoms with Crippen molar-refractivity contribution in [3.8, 4) is 5.75 Å². The fourth-order valence-corrected chi connectivity index (χ4v) is 1.87. The summed E-state index contributed by atoms with van der Waals surface area (Å²) in [4.78, 5) is 11.8. The number of nitrogens with one attached hydrogen (secondary N) is 1. The fourth-order valence-electron chi connectivity index (χ4n) is 1.87. The Morgan fingerprint density at radius 1 is 1.53 bits per heavy atom. The first-order valence-electron chi connectivity index (χ1n) is 5.82. The lowest BCUT2D eigenvalue weighted by Gasteiger charge is -2.10. The lowest BCUT2D eigenvalue weighted by atomic mass is 10.1. The molecule has 0 saturated carbocycles. The molecule has 0 fully saturated rings. The minimum Gasteiger partial charge on any atom is -0.480 e. The molecule has 0 saturated heterocycles. The molecule has 4 heteroatoms. The maximum absolute atomic E-state index is 11.8. The van der Waals surface area contributed by atoms with Gasteiger partial charge in [0, 0.05) is 26.7 Å². The summed E-state index contributed by atoms with van der Waals surface area (Å²) in [6.45, 7) is 1.29. The molecule has 1 heterocycles. The Hall–Kier alpha value is -1.55. The standard InChI is InChI=1S/C13H17NO3/c1-16-8-4-7-14-13(15)12-9-10-5-2-3-6-11(10)17-12/h2-3,5-6,12H,4,7-9H2,1H3,(H,14,15). The Morgan fingerprint density at radius 2 is 2.35 bits per heavy atom. The number of methoxy groups -OCH3 is 1. The fraction of sp³-hybridized carbons (Fsp3) is 0.462. The third-order valence-electron chi connectivity index (χ3n) is 2.76. The molecule has 1 aliphatic rings. The number of benzene rings is 1. The number of para-hydroxylation sites is 1. The van der Waals surface area contributed by atoms with Crippen LogP contribution in [0.15, 0.2) is 24.3 Å². The van der Waals surface area contributed by atoms with Crippen LogP contribution in [0.4, 0.5) is 0 Å². The summed E-state index contributed by atoms with van der Waals surface area (Å²) in [5.41, 5.74) is 1.10. The van der Waals surface area contributed by atoms with E-state index < -0.39 is 0 Å². The van der Waals surface area contributed by atoms with Crippen LogP contribution in [0.1, 0.15) is 12.0 Å². The van der Waals surface area contributed by atoms with Gasteiger partial charge in [0.25, 0.3) is 5.91 Å². The number of fused-ring (bicyclic) bond motifs is 1. The highest BCUT2D eigenvalue weighted by atomic mass is 16.5. The number of carbonyl (C=O) groups is 1. The maximum Gasteiger partial charge on any atom is 0.261 e. The normalized spacial score (nSPS) is 17.4. The minimum absolute atomic E-state index is 0.0442. The summed E-state index contributed by atoms with van der Waals surface area (Å²) in [5.74, 6) is 0.779. The SMILES string of the molecule is COCCCNC(=O)C1Cc2ccccc2O1. The molecule has 92 valence electrons. The largest absolute Gasteiger partial charge is 0.480 e. The van der Waals surface area contributed by atoms with Crippen LogP contribution in [-0.4, -0.2) is 32.3 Å². The number of ether oxygens (including phenoxy) is 2. The smallest absolute Gasteiger partial charge is 0.261 e. The van der Waals surface area contributed by atoms with Crippen LogP contribution in [-0.2, 0) is 16.0 Å². The van der Waals surface area contributed by atoms with E-state index in [0.717, 1.165) is 17.7 Å². The molecule has 1 unspecified atom stereocenters. The molecular formula is C13H17NO3. The summed E-state index contributed by atoms with van der Waals surface area (Å²) in [6.07, 6.45) is 1.10. The first-order chi connectivity index (χ1) is 8.31. The van der Waals surface area contributed by atoms with Gasteiger partial charge in [0.05, 0.1) is 0 Å². The molecule has 0 spiro atoms. The summed E-state index contributed by atoms with van der Waals surface area (Å²) in [6, 6.07) is 7.76. The van der Waals surface area contributed by atoms with Crippen LogP contribution >= 0.6 is 0 Å². The quantitative estimate of drug-likeness (QED) is 0.779. The molecule has 1 N–H and O–H groups in total. The van der Waals surface area contributed by atoms with E-state index in [4.69, 9.17) is 9.47 Å². The molecular weight excluding hydrogens is 218 g/mol. The van der Waals surface area contributed by atoms with Gasteiger partial charge in [-0.25, -0.2) is 0 Å². The van der Waals surface area contributed by atoms with E-state index in [-0.39, 0.29) is 12.0 Å². The van der Waals surface area contributed by atoms with E-state index in [1.165, 1.54) is 0 Å². The zero-order chi connectivity index (χ0) is 12.1. The van der Waals surface area contributed by atoms with Gasteiger partial charge in [0.15, 0.2) is 6.10 Å². The number of carbonyl (C=O) groups excluding carboxylic acids is 1. The van der Waals surface area contributed by atoms with E-state index in [1.807, 2.05) is 24.3 Å². The minimum atomic E-state index is -0.380. The van der Waals surface area contributed by atoms with E-state index in [0.29, 0.717) is 19.6 Å². The average molecular weight is 235 g/mol. The van der Waals surface area contributed by atoms with Gasteiger partial charge >= 0.3 is 0 Å². The molecule has 4 nitrogen and oxygen atoms in total. The van der Waals surface area contributed by atoms with Crippen LogP contribution in [0.3, 0.4) is 0 Å². The topological polar surface area (TPSA) is 47.6 Å². The lowest BCUT2D eigenvalue weighted by molar-refractivity contribution is -0.127. The molecule has 0 bridgehead atoms. The molecule has 1 aromatic carbocycles. The van der Waals surface area contributed by atoms with Gasteiger partial charge in [-0.15, -0.1) is 0 Å². The van der Waals surface area contributed by atoms with Crippen molar-refractivity contribution in [3.05, 3.63) is 29.8 Å². The van der Waals surface area contributed by atoms with Crippen LogP contribution in [0, 0.1) is 0 Å². The highest BCUT2D eigenvalue weighted by Crippen LogP contribution is 2.27. The van der Waals surface area contributed by atoms with E-state index >= 15 is 0 Å². The average Bonchev–Trinajstić information content (AvgIpc) is 2.78. The number of amides is 1. The molecule has 1 aromatic rings. The number of rotatable bonds is 5. The van der Waals surface area contributed by atoms with Crippen LogP contribution < -0.4 is 10.1 Å². The second-order valence-electron chi connectivity index (χ2n) is 4.06. The Morgan fingerprint density at radius 3 is 3.12 bits per heavy atom. The highest BCUT2D eigenvalue weighted by molar-refractivity contribution is 5.82. The Kier molecular flexibility index (Phi) is 3.98. The molecule has 1 aliphatic heterocycles. The Bertz CT molecular complexity index is 367. The predicted octanol–water partition coefficient (Wildman–Crippen LogP) is 1.14. The van der Waals surface area contributed by atoms with Crippen LogP contribution in [0.25, 0.3) is 0 Å². The molecule has 1 amide bonds. The predicted molar refractivity (Wildman–Crippen MR) is 64.1 cm³/mol. The van der Waals surface area contributed by atoms with Crippen molar-refractivity contribution in [2.45, 2.75) is 18.9 Å². The maximum atomic E-state index is 11.8. The van der Waals surface area contributed by atoms with E-state index in [9.17, 15) is 4.79 Å². The van der Waals surface area contributed by atoms with E-state index in [2.05, 4.69) is 5.32 Å². The van der Waals surface area contributed by atoms with Gasteiger partial charge in [-0.1, -0.05) is 18.2 Å². The zero-order valence-corrected chi connectivity index (χ0v) is 9.94. The second kappa shape index (κ2) is 5.68. The summed E-state index contributed by atoms with van der Waals surface area (Å²) < 4.78 is 10.5. The van der Waals surface area contributed by atoms with E-state index in [1.54, 1.807) is 7.11 Å². The molecule has 0 aliphatic carbocycles. The summed E-state index contributed by atoms with van der Waals surface area (Å²) in [7, 11) is 1.65. The highest BCUT2D eigenvalue weighted by Gasteiger charge is 2.28. The van der Waals surface area contributed by atoms with Crippen LogP contribution in [0.5, 0.6) is 5.75 Å². The number of hydrogen-bond donors (Lipinski definition) is 1. The van der Waals surface area contributed by atoms with Crippen molar-refractivity contribution in [2.75, 3.05) is 20.3 Å². The first-order valence-corrected chi connectivity index (χ1v) is 5.82. The third kappa shape index (κ3) is 2.97. The van der Waals surface area contributed by atoms with Crippen molar-refractivity contribution in [3.63, 3.8) is 0 Å². The van der Waals surface area contributed by atoms with Gasteiger partial charge in [-0.2, -0.15) is 0 Å². The van der Waals surface area contributed by atoms with Crippen molar-refractivity contribution in [1.82, 2.24) is 5.32 Å². The molecule has 1 atom stereocenters. The first kappa shape index (κ1) is 11.9. The van der Waals surface area contributed by atoms with Crippen molar-refractivity contribution in [1.29, 1.82) is 0 Å². The van der Waals surface area contributed by atoms with Gasteiger partial charge in [0.1, 0.15) is 5.75 Å². The molecule has 0 radical (unpaired) electrons.